The highest BCUT2D eigenvalue weighted by molar-refractivity contribution is 9.10. The maximum atomic E-state index is 10.9. The topological polar surface area (TPSA) is 55.2 Å². The van der Waals surface area contributed by atoms with Crippen LogP contribution in [0, 0.1) is 15.5 Å². The zero-order valence-corrected chi connectivity index (χ0v) is 11.3. The van der Waals surface area contributed by atoms with Gasteiger partial charge < -0.3 is 5.32 Å². The number of hydrogen-bond donors (Lipinski definition) is 1. The van der Waals surface area contributed by atoms with E-state index < -0.39 is 0 Å². The number of halogens is 1. The van der Waals surface area contributed by atoms with Gasteiger partial charge in [-0.3, -0.25) is 10.1 Å². The van der Waals surface area contributed by atoms with E-state index >= 15 is 0 Å². The summed E-state index contributed by atoms with van der Waals surface area (Å²) in [5.74, 6) is 0. The standard InChI is InChI=1S/C12H15BrN2O2/c1-12(4-5-12)8-14-7-9-6-10(13)2-3-11(9)15(16)17/h2-3,6,14H,4-5,7-8H2,1H3. The number of nitrogens with one attached hydrogen (secondary N) is 1. The largest absolute Gasteiger partial charge is 0.312 e. The highest BCUT2D eigenvalue weighted by atomic mass is 79.9. The minimum atomic E-state index is -0.331. The number of nitro groups is 1. The summed E-state index contributed by atoms with van der Waals surface area (Å²) in [5.41, 5.74) is 1.33. The Labute approximate surface area is 109 Å². The molecule has 1 fully saturated rings. The van der Waals surface area contributed by atoms with E-state index in [2.05, 4.69) is 28.2 Å². The van der Waals surface area contributed by atoms with Crippen molar-refractivity contribution in [3.8, 4) is 0 Å². The van der Waals surface area contributed by atoms with Gasteiger partial charge in [0.2, 0.25) is 0 Å². The first kappa shape index (κ1) is 12.5. The molecule has 5 heteroatoms. The molecule has 1 aromatic rings. The Bertz CT molecular complexity index is 444. The van der Waals surface area contributed by atoms with Crippen molar-refractivity contribution in [2.75, 3.05) is 6.54 Å². The van der Waals surface area contributed by atoms with Crippen LogP contribution in [0.2, 0.25) is 0 Å². The third-order valence-electron chi connectivity index (χ3n) is 3.21. The van der Waals surface area contributed by atoms with E-state index in [4.69, 9.17) is 0 Å². The first-order chi connectivity index (χ1) is 8.00. The van der Waals surface area contributed by atoms with E-state index in [1.807, 2.05) is 0 Å². The summed E-state index contributed by atoms with van der Waals surface area (Å²) in [6.07, 6.45) is 2.50. The second kappa shape index (κ2) is 4.74. The zero-order valence-electron chi connectivity index (χ0n) is 9.70. The molecule has 0 spiro atoms. The van der Waals surface area contributed by atoms with Gasteiger partial charge in [0.15, 0.2) is 0 Å². The van der Waals surface area contributed by atoms with E-state index in [1.54, 1.807) is 18.2 Å². The van der Waals surface area contributed by atoms with Crippen molar-refractivity contribution in [3.63, 3.8) is 0 Å². The van der Waals surface area contributed by atoms with Gasteiger partial charge in [0.25, 0.3) is 5.69 Å². The Morgan fingerprint density at radius 1 is 1.53 bits per heavy atom. The first-order valence-corrected chi connectivity index (χ1v) is 6.43. The average molecular weight is 299 g/mol. The zero-order chi connectivity index (χ0) is 12.5. The van der Waals surface area contributed by atoms with E-state index in [0.29, 0.717) is 12.0 Å². The first-order valence-electron chi connectivity index (χ1n) is 5.64. The molecule has 0 saturated heterocycles. The van der Waals surface area contributed by atoms with E-state index in [9.17, 15) is 10.1 Å². The van der Waals surface area contributed by atoms with Gasteiger partial charge in [-0.1, -0.05) is 22.9 Å². The van der Waals surface area contributed by atoms with Crippen LogP contribution in [0.3, 0.4) is 0 Å². The highest BCUT2D eigenvalue weighted by Gasteiger charge is 2.36. The van der Waals surface area contributed by atoms with Gasteiger partial charge in [0.1, 0.15) is 0 Å². The number of hydrogen-bond acceptors (Lipinski definition) is 3. The van der Waals surface area contributed by atoms with Gasteiger partial charge in [-0.05, 0) is 30.4 Å². The second-order valence-corrected chi connectivity index (χ2v) is 5.86. The molecule has 1 aliphatic carbocycles. The van der Waals surface area contributed by atoms with Crippen LogP contribution >= 0.6 is 15.9 Å². The summed E-state index contributed by atoms with van der Waals surface area (Å²) in [6.45, 7) is 3.71. The Morgan fingerprint density at radius 2 is 2.24 bits per heavy atom. The summed E-state index contributed by atoms with van der Waals surface area (Å²) >= 11 is 3.34. The summed E-state index contributed by atoms with van der Waals surface area (Å²) in [5, 5.41) is 14.2. The average Bonchev–Trinajstić information content (AvgIpc) is 2.96. The van der Waals surface area contributed by atoms with Gasteiger partial charge in [-0.25, -0.2) is 0 Å². The van der Waals surface area contributed by atoms with Crippen LogP contribution in [-0.4, -0.2) is 11.5 Å². The fourth-order valence-corrected chi connectivity index (χ4v) is 2.17. The molecule has 0 radical (unpaired) electrons. The van der Waals surface area contributed by atoms with E-state index in [1.165, 1.54) is 12.8 Å². The Balaban J connectivity index is 2.02. The SMILES string of the molecule is CC1(CNCc2cc(Br)ccc2[N+](=O)[O-])CC1. The summed E-state index contributed by atoms with van der Waals surface area (Å²) in [7, 11) is 0. The fraction of sp³-hybridized carbons (Fsp3) is 0.500. The highest BCUT2D eigenvalue weighted by Crippen LogP contribution is 2.44. The molecule has 1 aromatic carbocycles. The number of nitro benzene ring substituents is 1. The lowest BCUT2D eigenvalue weighted by Gasteiger charge is -2.10. The second-order valence-electron chi connectivity index (χ2n) is 4.94. The van der Waals surface area contributed by atoms with Crippen LogP contribution in [-0.2, 0) is 6.54 Å². The summed E-state index contributed by atoms with van der Waals surface area (Å²) < 4.78 is 0.873. The molecule has 0 unspecified atom stereocenters. The molecule has 1 aliphatic rings. The number of nitrogens with zero attached hydrogens (tertiary/aromatic N) is 1. The van der Waals surface area contributed by atoms with Crippen molar-refractivity contribution in [1.82, 2.24) is 5.32 Å². The Kier molecular flexibility index (Phi) is 3.49. The third-order valence-corrected chi connectivity index (χ3v) is 3.70. The van der Waals surface area contributed by atoms with Gasteiger partial charge in [-0.2, -0.15) is 0 Å². The van der Waals surface area contributed by atoms with Crippen LogP contribution in [0.5, 0.6) is 0 Å². The molecule has 17 heavy (non-hydrogen) atoms. The molecular formula is C12H15BrN2O2. The van der Waals surface area contributed by atoms with Crippen molar-refractivity contribution >= 4 is 21.6 Å². The Hall–Kier alpha value is -0.940. The maximum Gasteiger partial charge on any atom is 0.273 e. The van der Waals surface area contributed by atoms with Crippen molar-refractivity contribution < 1.29 is 4.92 Å². The lowest BCUT2D eigenvalue weighted by Crippen LogP contribution is -2.21. The van der Waals surface area contributed by atoms with Crippen molar-refractivity contribution in [2.24, 2.45) is 5.41 Å². The molecule has 0 bridgehead atoms. The predicted octanol–water partition coefficient (Wildman–Crippen LogP) is 3.25. The monoisotopic (exact) mass is 298 g/mol. The van der Waals surface area contributed by atoms with Crippen LogP contribution in [0.4, 0.5) is 5.69 Å². The number of rotatable bonds is 5. The molecule has 1 N–H and O–H groups in total. The molecule has 0 aromatic heterocycles. The van der Waals surface area contributed by atoms with Crippen molar-refractivity contribution in [1.29, 1.82) is 0 Å². The molecule has 92 valence electrons. The van der Waals surface area contributed by atoms with E-state index in [0.717, 1.165) is 16.6 Å². The number of benzene rings is 1. The smallest absolute Gasteiger partial charge is 0.273 e. The Morgan fingerprint density at radius 3 is 2.82 bits per heavy atom. The van der Waals surface area contributed by atoms with Crippen molar-refractivity contribution in [3.05, 3.63) is 38.3 Å². The van der Waals surface area contributed by atoms with Gasteiger partial charge in [-0.15, -0.1) is 0 Å². The third kappa shape index (κ3) is 3.26. The lowest BCUT2D eigenvalue weighted by molar-refractivity contribution is -0.385. The molecule has 1 saturated carbocycles. The maximum absolute atomic E-state index is 10.9. The fourth-order valence-electron chi connectivity index (χ4n) is 1.76. The molecule has 0 heterocycles. The predicted molar refractivity (Wildman–Crippen MR) is 69.8 cm³/mol. The van der Waals surface area contributed by atoms with Gasteiger partial charge in [0, 0.05) is 29.2 Å². The van der Waals surface area contributed by atoms with Crippen LogP contribution in [0.1, 0.15) is 25.3 Å². The minimum absolute atomic E-state index is 0.182. The molecule has 4 nitrogen and oxygen atoms in total. The van der Waals surface area contributed by atoms with Gasteiger partial charge in [0.05, 0.1) is 4.92 Å². The molecule has 0 atom stereocenters. The molecule has 0 aliphatic heterocycles. The van der Waals surface area contributed by atoms with Crippen molar-refractivity contribution in [2.45, 2.75) is 26.3 Å². The lowest BCUT2D eigenvalue weighted by atomic mass is 10.1. The normalized spacial score (nSPS) is 16.8. The van der Waals surface area contributed by atoms with Crippen LogP contribution in [0.25, 0.3) is 0 Å². The summed E-state index contributed by atoms with van der Waals surface area (Å²) in [6, 6.07) is 5.05. The quantitative estimate of drug-likeness (QED) is 0.670. The van der Waals surface area contributed by atoms with E-state index in [-0.39, 0.29) is 10.6 Å². The molecule has 0 amide bonds. The minimum Gasteiger partial charge on any atom is -0.312 e. The molecule has 2 rings (SSSR count). The van der Waals surface area contributed by atoms with Crippen LogP contribution < -0.4 is 5.32 Å². The molecular weight excluding hydrogens is 284 g/mol. The summed E-state index contributed by atoms with van der Waals surface area (Å²) in [4.78, 5) is 10.5. The van der Waals surface area contributed by atoms with Crippen LogP contribution in [0.15, 0.2) is 22.7 Å². The van der Waals surface area contributed by atoms with Gasteiger partial charge >= 0.3 is 0 Å².